The van der Waals surface area contributed by atoms with Gasteiger partial charge in [-0.15, -0.1) is 0 Å². The lowest BCUT2D eigenvalue weighted by atomic mass is 10.1. The summed E-state index contributed by atoms with van der Waals surface area (Å²) >= 11 is 0. The van der Waals surface area contributed by atoms with Crippen LogP contribution in [0.25, 0.3) is 10.9 Å². The second-order valence-corrected chi connectivity index (χ2v) is 6.67. The number of aromatic nitrogens is 1. The van der Waals surface area contributed by atoms with E-state index in [-0.39, 0.29) is 13.1 Å². The van der Waals surface area contributed by atoms with Gasteiger partial charge >= 0.3 is 0 Å². The van der Waals surface area contributed by atoms with Crippen molar-refractivity contribution in [1.29, 1.82) is 0 Å². The number of benzene rings is 2. The number of ether oxygens (including phenoxy) is 1. The van der Waals surface area contributed by atoms with Gasteiger partial charge in [0.2, 0.25) is 5.91 Å². The quantitative estimate of drug-likeness (QED) is 0.691. The lowest BCUT2D eigenvalue weighted by molar-refractivity contribution is -0.121. The van der Waals surface area contributed by atoms with Crippen LogP contribution in [0.2, 0.25) is 0 Å². The van der Waals surface area contributed by atoms with E-state index in [9.17, 15) is 14.4 Å². The van der Waals surface area contributed by atoms with Gasteiger partial charge in [0.05, 0.1) is 18.2 Å². The Labute approximate surface area is 161 Å². The van der Waals surface area contributed by atoms with Crippen LogP contribution in [0, 0.1) is 0 Å². The van der Waals surface area contributed by atoms with E-state index in [1.165, 1.54) is 0 Å². The molecule has 28 heavy (non-hydrogen) atoms. The maximum atomic E-state index is 12.4. The molecule has 4 rings (SSSR count). The summed E-state index contributed by atoms with van der Waals surface area (Å²) in [6.07, 6.45) is 1.94. The lowest BCUT2D eigenvalue weighted by Gasteiger charge is -2.13. The van der Waals surface area contributed by atoms with Crippen LogP contribution in [0.15, 0.2) is 48.7 Å². The number of nitrogens with one attached hydrogen (secondary N) is 1. The summed E-state index contributed by atoms with van der Waals surface area (Å²) in [6.45, 7) is -0.0209. The van der Waals surface area contributed by atoms with Crippen molar-refractivity contribution < 1.29 is 19.1 Å². The first kappa shape index (κ1) is 17.8. The predicted octanol–water partition coefficient (Wildman–Crippen LogP) is 2.10. The van der Waals surface area contributed by atoms with E-state index in [1.807, 2.05) is 36.0 Å². The molecule has 0 saturated heterocycles. The Bertz CT molecular complexity index is 1080. The lowest BCUT2D eigenvalue weighted by Crippen LogP contribution is -2.40. The molecule has 3 aromatic rings. The fourth-order valence-corrected chi connectivity index (χ4v) is 3.50. The Kier molecular flexibility index (Phi) is 4.35. The molecule has 0 unspecified atom stereocenters. The van der Waals surface area contributed by atoms with E-state index in [4.69, 9.17) is 4.74 Å². The third kappa shape index (κ3) is 2.90. The van der Waals surface area contributed by atoms with Gasteiger partial charge in [-0.1, -0.05) is 12.1 Å². The van der Waals surface area contributed by atoms with Gasteiger partial charge in [0, 0.05) is 30.7 Å². The fraction of sp³-hybridized carbons (Fsp3) is 0.190. The zero-order chi connectivity index (χ0) is 19.8. The number of amides is 3. The van der Waals surface area contributed by atoms with Crippen LogP contribution in [-0.4, -0.2) is 40.8 Å². The molecule has 3 amide bonds. The first-order valence-electron chi connectivity index (χ1n) is 8.83. The maximum absolute atomic E-state index is 12.4. The molecule has 142 valence electrons. The summed E-state index contributed by atoms with van der Waals surface area (Å²) in [5.41, 5.74) is 2.61. The second-order valence-electron chi connectivity index (χ2n) is 6.67. The first-order valence-corrected chi connectivity index (χ1v) is 8.83. The molecule has 2 aromatic carbocycles. The van der Waals surface area contributed by atoms with Crippen LogP contribution in [0.1, 0.15) is 26.3 Å². The SMILES string of the molecule is COc1ccc2c(c1)c(CNC(=O)CN1C(=O)c3ccccc3C1=O)cn2C. The van der Waals surface area contributed by atoms with Crippen LogP contribution >= 0.6 is 0 Å². The minimum Gasteiger partial charge on any atom is -0.497 e. The van der Waals surface area contributed by atoms with Crippen LogP contribution in [0.3, 0.4) is 0 Å². The van der Waals surface area contributed by atoms with Crippen LogP contribution in [0.4, 0.5) is 0 Å². The van der Waals surface area contributed by atoms with Crippen molar-refractivity contribution in [3.8, 4) is 5.75 Å². The molecule has 0 saturated carbocycles. The number of carbonyl (C=O) groups excluding carboxylic acids is 3. The van der Waals surface area contributed by atoms with Gasteiger partial charge in [0.15, 0.2) is 0 Å². The van der Waals surface area contributed by atoms with Gasteiger partial charge in [0.1, 0.15) is 12.3 Å². The van der Waals surface area contributed by atoms with E-state index >= 15 is 0 Å². The smallest absolute Gasteiger partial charge is 0.262 e. The zero-order valence-corrected chi connectivity index (χ0v) is 15.6. The normalized spacial score (nSPS) is 13.1. The second kappa shape index (κ2) is 6.84. The monoisotopic (exact) mass is 377 g/mol. The number of rotatable bonds is 5. The average molecular weight is 377 g/mol. The van der Waals surface area contributed by atoms with E-state index in [0.717, 1.165) is 27.1 Å². The van der Waals surface area contributed by atoms with Crippen molar-refractivity contribution in [2.75, 3.05) is 13.7 Å². The summed E-state index contributed by atoms with van der Waals surface area (Å²) in [4.78, 5) is 38.1. The maximum Gasteiger partial charge on any atom is 0.262 e. The number of carbonyl (C=O) groups is 3. The highest BCUT2D eigenvalue weighted by Gasteiger charge is 2.36. The molecule has 0 spiro atoms. The number of methoxy groups -OCH3 is 1. The highest BCUT2D eigenvalue weighted by molar-refractivity contribution is 6.22. The van der Waals surface area contributed by atoms with Crippen molar-refractivity contribution in [2.45, 2.75) is 6.54 Å². The van der Waals surface area contributed by atoms with Gasteiger partial charge in [-0.3, -0.25) is 19.3 Å². The van der Waals surface area contributed by atoms with Gasteiger partial charge < -0.3 is 14.6 Å². The Hall–Kier alpha value is -3.61. The van der Waals surface area contributed by atoms with Gasteiger partial charge in [-0.25, -0.2) is 0 Å². The minimum atomic E-state index is -0.439. The van der Waals surface area contributed by atoms with Gasteiger partial charge in [-0.2, -0.15) is 0 Å². The standard InChI is InChI=1S/C21H19N3O4/c1-23-11-13(17-9-14(28-2)7-8-18(17)23)10-22-19(25)12-24-20(26)15-5-3-4-6-16(15)21(24)27/h3-9,11H,10,12H2,1-2H3,(H,22,25). The fourth-order valence-electron chi connectivity index (χ4n) is 3.50. The van der Waals surface area contributed by atoms with Crippen molar-refractivity contribution in [3.05, 3.63) is 65.4 Å². The average Bonchev–Trinajstić information content (AvgIpc) is 3.15. The molecule has 7 heteroatoms. The summed E-state index contributed by atoms with van der Waals surface area (Å²) in [7, 11) is 3.53. The van der Waals surface area contributed by atoms with E-state index in [2.05, 4.69) is 5.32 Å². The molecule has 0 bridgehead atoms. The Morgan fingerprint density at radius 1 is 1.07 bits per heavy atom. The number of fused-ring (bicyclic) bond motifs is 2. The predicted molar refractivity (Wildman–Crippen MR) is 103 cm³/mol. The van der Waals surface area contributed by atoms with E-state index in [1.54, 1.807) is 31.4 Å². The Balaban J connectivity index is 1.47. The molecule has 7 nitrogen and oxygen atoms in total. The summed E-state index contributed by atoms with van der Waals surface area (Å²) in [5, 5.41) is 3.77. The zero-order valence-electron chi connectivity index (χ0n) is 15.6. The summed E-state index contributed by atoms with van der Waals surface area (Å²) in [6, 6.07) is 12.3. The molecule has 0 fully saturated rings. The van der Waals surface area contributed by atoms with Crippen molar-refractivity contribution in [1.82, 2.24) is 14.8 Å². The topological polar surface area (TPSA) is 80.6 Å². The first-order chi connectivity index (χ1) is 13.5. The molecular weight excluding hydrogens is 358 g/mol. The molecule has 0 atom stereocenters. The summed E-state index contributed by atoms with van der Waals surface area (Å²) in [5.74, 6) is -0.539. The number of hydrogen-bond acceptors (Lipinski definition) is 4. The van der Waals surface area contributed by atoms with Crippen molar-refractivity contribution in [3.63, 3.8) is 0 Å². The highest BCUT2D eigenvalue weighted by Crippen LogP contribution is 2.25. The van der Waals surface area contributed by atoms with Crippen LogP contribution in [0.5, 0.6) is 5.75 Å². The van der Waals surface area contributed by atoms with Crippen LogP contribution < -0.4 is 10.1 Å². The molecule has 1 aliphatic heterocycles. The molecule has 2 heterocycles. The van der Waals surface area contributed by atoms with E-state index in [0.29, 0.717) is 11.1 Å². The summed E-state index contributed by atoms with van der Waals surface area (Å²) < 4.78 is 7.25. The van der Waals surface area contributed by atoms with Crippen molar-refractivity contribution in [2.24, 2.45) is 7.05 Å². The largest absolute Gasteiger partial charge is 0.497 e. The molecule has 0 radical (unpaired) electrons. The molecule has 0 aliphatic carbocycles. The molecule has 1 N–H and O–H groups in total. The van der Waals surface area contributed by atoms with E-state index < -0.39 is 17.7 Å². The number of aryl methyl sites for hydroxylation is 1. The molecule has 1 aliphatic rings. The third-order valence-electron chi connectivity index (χ3n) is 4.94. The van der Waals surface area contributed by atoms with Crippen molar-refractivity contribution >= 4 is 28.6 Å². The molecular formula is C21H19N3O4. The highest BCUT2D eigenvalue weighted by atomic mass is 16.5. The van der Waals surface area contributed by atoms with Crippen LogP contribution in [-0.2, 0) is 18.4 Å². The number of nitrogens with zero attached hydrogens (tertiary/aromatic N) is 2. The Morgan fingerprint density at radius 2 is 1.75 bits per heavy atom. The van der Waals surface area contributed by atoms with Gasteiger partial charge in [0.25, 0.3) is 11.8 Å². The third-order valence-corrected chi connectivity index (χ3v) is 4.94. The minimum absolute atomic E-state index is 0.284. The number of hydrogen-bond donors (Lipinski definition) is 1. The van der Waals surface area contributed by atoms with Gasteiger partial charge in [-0.05, 0) is 35.9 Å². The number of imide groups is 1. The Morgan fingerprint density at radius 3 is 2.39 bits per heavy atom. The molecule has 1 aromatic heterocycles.